The van der Waals surface area contributed by atoms with Crippen molar-refractivity contribution in [1.29, 1.82) is 0 Å². The molecule has 0 amide bonds. The summed E-state index contributed by atoms with van der Waals surface area (Å²) in [5.41, 5.74) is 7.34. The van der Waals surface area contributed by atoms with Gasteiger partial charge in [0.15, 0.2) is 11.5 Å². The second-order valence-corrected chi connectivity index (χ2v) is 7.29. The molecule has 1 spiro atoms. The Bertz CT molecular complexity index is 820. The van der Waals surface area contributed by atoms with Gasteiger partial charge in [-0.15, -0.1) is 0 Å². The molecule has 1 aromatic heterocycles. The quantitative estimate of drug-likeness (QED) is 0.879. The van der Waals surface area contributed by atoms with E-state index < -0.39 is 0 Å². The number of methoxy groups -OCH3 is 2. The summed E-state index contributed by atoms with van der Waals surface area (Å²) in [5, 5.41) is 0.778. The molecule has 1 aliphatic carbocycles. The van der Waals surface area contributed by atoms with Gasteiger partial charge in [-0.1, -0.05) is 0 Å². The Morgan fingerprint density at radius 3 is 2.62 bits per heavy atom. The average molecular weight is 358 g/mol. The molecular weight excluding hydrogens is 332 g/mol. The number of ether oxygens (including phenoxy) is 3. The Morgan fingerprint density at radius 2 is 1.92 bits per heavy atom. The van der Waals surface area contributed by atoms with Gasteiger partial charge in [0, 0.05) is 31.1 Å². The highest BCUT2D eigenvalue weighted by Gasteiger charge is 2.49. The summed E-state index contributed by atoms with van der Waals surface area (Å²) in [7, 11) is 3.22. The van der Waals surface area contributed by atoms with Gasteiger partial charge in [-0.05, 0) is 37.7 Å². The molecule has 1 saturated heterocycles. The molecule has 2 fully saturated rings. The number of rotatable bonds is 5. The van der Waals surface area contributed by atoms with Gasteiger partial charge < -0.3 is 24.8 Å². The molecule has 7 nitrogen and oxygen atoms in total. The predicted molar refractivity (Wildman–Crippen MR) is 101 cm³/mol. The van der Waals surface area contributed by atoms with Crippen molar-refractivity contribution in [3.05, 3.63) is 12.1 Å². The minimum atomic E-state index is 0.352. The molecule has 1 saturated carbocycles. The van der Waals surface area contributed by atoms with Gasteiger partial charge in [-0.25, -0.2) is 4.98 Å². The number of benzene rings is 1. The van der Waals surface area contributed by atoms with Crippen LogP contribution in [0.5, 0.6) is 11.5 Å². The summed E-state index contributed by atoms with van der Waals surface area (Å²) in [4.78, 5) is 11.6. The molecular formula is C19H26N4O3. The Morgan fingerprint density at radius 1 is 1.19 bits per heavy atom. The fourth-order valence-electron chi connectivity index (χ4n) is 4.31. The van der Waals surface area contributed by atoms with Gasteiger partial charge in [-0.2, -0.15) is 4.98 Å². The Balaban J connectivity index is 1.60. The fourth-order valence-corrected chi connectivity index (χ4v) is 4.31. The first-order valence-electron chi connectivity index (χ1n) is 9.13. The molecule has 2 heterocycles. The molecule has 140 valence electrons. The van der Waals surface area contributed by atoms with Crippen LogP contribution in [0.2, 0.25) is 0 Å². The lowest BCUT2D eigenvalue weighted by Gasteiger charge is -2.44. The number of aromatic nitrogens is 2. The summed E-state index contributed by atoms with van der Waals surface area (Å²) in [6.45, 7) is 4.77. The molecule has 0 atom stereocenters. The van der Waals surface area contributed by atoms with Crippen molar-refractivity contribution in [2.45, 2.75) is 32.3 Å². The van der Waals surface area contributed by atoms with E-state index in [1.807, 2.05) is 12.1 Å². The highest BCUT2D eigenvalue weighted by molar-refractivity contribution is 5.91. The van der Waals surface area contributed by atoms with E-state index in [-0.39, 0.29) is 0 Å². The van der Waals surface area contributed by atoms with Crippen molar-refractivity contribution < 1.29 is 14.2 Å². The third-order valence-electron chi connectivity index (χ3n) is 5.66. The first-order valence-corrected chi connectivity index (χ1v) is 9.13. The molecule has 7 heteroatoms. The van der Waals surface area contributed by atoms with E-state index in [9.17, 15) is 0 Å². The van der Waals surface area contributed by atoms with E-state index in [0.717, 1.165) is 49.9 Å². The van der Waals surface area contributed by atoms with Crippen LogP contribution < -0.4 is 20.1 Å². The van der Waals surface area contributed by atoms with Crippen molar-refractivity contribution in [2.24, 2.45) is 5.41 Å². The summed E-state index contributed by atoms with van der Waals surface area (Å²) in [6.07, 6.45) is 3.83. The third kappa shape index (κ3) is 2.80. The summed E-state index contributed by atoms with van der Waals surface area (Å²) in [5.74, 6) is 2.42. The molecule has 1 aliphatic heterocycles. The maximum atomic E-state index is 6.22. The van der Waals surface area contributed by atoms with Gasteiger partial charge in [0.25, 0.3) is 0 Å². The number of hydrogen-bond donors (Lipinski definition) is 1. The van der Waals surface area contributed by atoms with Crippen LogP contribution in [-0.2, 0) is 4.74 Å². The number of fused-ring (bicyclic) bond motifs is 1. The first kappa shape index (κ1) is 17.1. The first-order chi connectivity index (χ1) is 12.6. The van der Waals surface area contributed by atoms with Gasteiger partial charge in [0.1, 0.15) is 5.82 Å². The van der Waals surface area contributed by atoms with E-state index in [4.69, 9.17) is 24.9 Å². The molecule has 2 N–H and O–H groups in total. The van der Waals surface area contributed by atoms with Crippen LogP contribution in [0.3, 0.4) is 0 Å². The smallest absolute Gasteiger partial charge is 0.227 e. The zero-order valence-corrected chi connectivity index (χ0v) is 15.6. The molecule has 0 bridgehead atoms. The van der Waals surface area contributed by atoms with E-state index in [1.54, 1.807) is 14.2 Å². The number of nitrogen functional groups attached to an aromatic ring is 1. The number of hydrogen-bond acceptors (Lipinski definition) is 7. The van der Waals surface area contributed by atoms with Gasteiger partial charge in [0.2, 0.25) is 5.95 Å². The summed E-state index contributed by atoms with van der Waals surface area (Å²) < 4.78 is 16.5. The van der Waals surface area contributed by atoms with Gasteiger partial charge >= 0.3 is 0 Å². The van der Waals surface area contributed by atoms with Crippen molar-refractivity contribution in [2.75, 3.05) is 44.5 Å². The highest BCUT2D eigenvalue weighted by Crippen LogP contribution is 2.50. The normalized spacial score (nSPS) is 24.9. The Kier molecular flexibility index (Phi) is 4.26. The van der Waals surface area contributed by atoms with Crippen molar-refractivity contribution in [1.82, 2.24) is 9.97 Å². The number of nitrogens with two attached hydrogens (primary N) is 1. The monoisotopic (exact) mass is 358 g/mol. The fraction of sp³-hybridized carbons (Fsp3) is 0.579. The lowest BCUT2D eigenvalue weighted by atomic mass is 9.66. The maximum Gasteiger partial charge on any atom is 0.227 e. The molecule has 26 heavy (non-hydrogen) atoms. The molecule has 1 aromatic carbocycles. The standard InChI is InChI=1S/C19H26N4O3/c1-4-26-12-9-19(10-12)5-6-23(11-19)18-21-14-8-16(25-3)15(24-2)7-13(14)17(20)22-18/h7-8,12H,4-6,9-11H2,1-3H3,(H2,20,21,22). The topological polar surface area (TPSA) is 82.7 Å². The molecule has 0 unspecified atom stereocenters. The van der Waals surface area contributed by atoms with Crippen LogP contribution in [0, 0.1) is 5.41 Å². The number of anilines is 2. The summed E-state index contributed by atoms with van der Waals surface area (Å²) in [6, 6.07) is 3.69. The second kappa shape index (κ2) is 6.46. The van der Waals surface area contributed by atoms with Crippen molar-refractivity contribution in [3.63, 3.8) is 0 Å². The van der Waals surface area contributed by atoms with Crippen molar-refractivity contribution in [3.8, 4) is 11.5 Å². The van der Waals surface area contributed by atoms with Crippen LogP contribution >= 0.6 is 0 Å². The molecule has 4 rings (SSSR count). The van der Waals surface area contributed by atoms with Gasteiger partial charge in [0.05, 0.1) is 25.8 Å². The Hall–Kier alpha value is -2.28. The zero-order valence-electron chi connectivity index (χ0n) is 15.6. The lowest BCUT2D eigenvalue weighted by molar-refractivity contribution is -0.0669. The molecule has 2 aromatic rings. The highest BCUT2D eigenvalue weighted by atomic mass is 16.5. The second-order valence-electron chi connectivity index (χ2n) is 7.29. The Labute approximate surface area is 153 Å². The van der Waals surface area contributed by atoms with Crippen molar-refractivity contribution >= 4 is 22.7 Å². The maximum absolute atomic E-state index is 6.22. The largest absolute Gasteiger partial charge is 0.493 e. The third-order valence-corrected chi connectivity index (χ3v) is 5.66. The average Bonchev–Trinajstić information content (AvgIpc) is 3.06. The predicted octanol–water partition coefficient (Wildman–Crippen LogP) is 2.62. The van der Waals surface area contributed by atoms with Crippen LogP contribution in [0.4, 0.5) is 11.8 Å². The molecule has 0 radical (unpaired) electrons. The SMILES string of the molecule is CCOC1CC2(CCN(c3nc(N)c4cc(OC)c(OC)cc4n3)C2)C1. The van der Waals surface area contributed by atoms with E-state index in [2.05, 4.69) is 16.8 Å². The van der Waals surface area contributed by atoms with Crippen LogP contribution in [0.25, 0.3) is 10.9 Å². The summed E-state index contributed by atoms with van der Waals surface area (Å²) >= 11 is 0. The van der Waals surface area contributed by atoms with Gasteiger partial charge in [-0.3, -0.25) is 0 Å². The van der Waals surface area contributed by atoms with E-state index in [0.29, 0.717) is 34.8 Å². The minimum Gasteiger partial charge on any atom is -0.493 e. The zero-order chi connectivity index (χ0) is 18.3. The number of nitrogens with zero attached hydrogens (tertiary/aromatic N) is 3. The van der Waals surface area contributed by atoms with E-state index >= 15 is 0 Å². The molecule has 2 aliphatic rings. The van der Waals surface area contributed by atoms with Crippen LogP contribution in [0.15, 0.2) is 12.1 Å². The van der Waals surface area contributed by atoms with E-state index in [1.165, 1.54) is 0 Å². The van der Waals surface area contributed by atoms with Crippen LogP contribution in [-0.4, -0.2) is 50.0 Å². The minimum absolute atomic E-state index is 0.352. The van der Waals surface area contributed by atoms with Crippen LogP contribution in [0.1, 0.15) is 26.2 Å². The lowest BCUT2D eigenvalue weighted by Crippen LogP contribution is -2.44.